The minimum absolute atomic E-state index is 0.00259. The fraction of sp³-hybridized carbons (Fsp3) is 0.263. The van der Waals surface area contributed by atoms with Crippen LogP contribution in [0.15, 0.2) is 46.3 Å². The van der Waals surface area contributed by atoms with Crippen LogP contribution in [0.25, 0.3) is 10.2 Å². The van der Waals surface area contributed by atoms with Crippen LogP contribution in [-0.4, -0.2) is 31.4 Å². The van der Waals surface area contributed by atoms with Crippen molar-refractivity contribution in [3.05, 3.63) is 47.0 Å². The molecule has 0 aliphatic carbocycles. The summed E-state index contributed by atoms with van der Waals surface area (Å²) in [5.74, 6) is 0.191. The molecule has 29 heavy (non-hydrogen) atoms. The van der Waals surface area contributed by atoms with Gasteiger partial charge in [0.05, 0.1) is 20.9 Å². The molecule has 152 valence electrons. The smallest absolute Gasteiger partial charge is 0.248 e. The number of hydrogen-bond acceptors (Lipinski definition) is 6. The van der Waals surface area contributed by atoms with Crippen LogP contribution in [0.1, 0.15) is 12.8 Å². The number of fused-ring (bicyclic) bond motifs is 2. The summed E-state index contributed by atoms with van der Waals surface area (Å²) in [6, 6.07) is 8.33. The number of benzene rings is 2. The number of rotatable bonds is 5. The van der Waals surface area contributed by atoms with Gasteiger partial charge in [-0.15, -0.1) is 0 Å². The minimum Gasteiger partial charge on any atom is -0.454 e. The first-order chi connectivity index (χ1) is 13.8. The summed E-state index contributed by atoms with van der Waals surface area (Å²) in [7, 11) is -1.77. The van der Waals surface area contributed by atoms with E-state index in [1.165, 1.54) is 23.5 Å². The molecule has 7 nitrogen and oxygen atoms in total. The SMILES string of the molecule is Cn1c(=NC(=O)CCCS(=O)(=O)c2ccc(F)cc2)sc2cc3c(cc21)OCO3. The molecule has 0 fully saturated rings. The average molecular weight is 436 g/mol. The number of thiazole rings is 1. The van der Waals surface area contributed by atoms with Crippen molar-refractivity contribution >= 4 is 37.3 Å². The van der Waals surface area contributed by atoms with E-state index in [2.05, 4.69) is 4.99 Å². The summed E-state index contributed by atoms with van der Waals surface area (Å²) in [5, 5.41) is 0. The second kappa shape index (κ2) is 7.60. The second-order valence-electron chi connectivity index (χ2n) is 6.50. The second-order valence-corrected chi connectivity index (χ2v) is 9.62. The molecule has 0 saturated heterocycles. The molecule has 0 unspecified atom stereocenters. The number of sulfone groups is 1. The fourth-order valence-corrected chi connectivity index (χ4v) is 5.32. The molecule has 10 heteroatoms. The standard InChI is InChI=1S/C19H17FN2O5S2/c1-22-14-9-15-16(27-11-26-15)10-17(14)28-19(22)21-18(23)3-2-8-29(24,25)13-6-4-12(20)5-7-13/h4-7,9-10H,2-3,8,11H2,1H3. The molecule has 0 spiro atoms. The number of carbonyl (C=O) groups is 1. The number of amides is 1. The lowest BCUT2D eigenvalue weighted by Crippen LogP contribution is -2.14. The highest BCUT2D eigenvalue weighted by Crippen LogP contribution is 2.36. The van der Waals surface area contributed by atoms with Crippen LogP contribution >= 0.6 is 11.3 Å². The van der Waals surface area contributed by atoms with Crippen molar-refractivity contribution in [2.75, 3.05) is 12.5 Å². The molecule has 4 rings (SSSR count). The quantitative estimate of drug-likeness (QED) is 0.574. The van der Waals surface area contributed by atoms with E-state index in [0.29, 0.717) is 16.3 Å². The van der Waals surface area contributed by atoms with Crippen molar-refractivity contribution < 1.29 is 27.1 Å². The molecule has 1 aliphatic heterocycles. The highest BCUT2D eigenvalue weighted by atomic mass is 32.2. The van der Waals surface area contributed by atoms with Crippen molar-refractivity contribution in [3.63, 3.8) is 0 Å². The van der Waals surface area contributed by atoms with Crippen molar-refractivity contribution in [1.82, 2.24) is 4.57 Å². The molecule has 0 saturated carbocycles. The predicted molar refractivity (Wildman–Crippen MR) is 105 cm³/mol. The summed E-state index contributed by atoms with van der Waals surface area (Å²) in [6.07, 6.45) is 0.129. The van der Waals surface area contributed by atoms with Crippen LogP contribution in [0.2, 0.25) is 0 Å². The number of nitrogens with zero attached hydrogens (tertiary/aromatic N) is 2. The van der Waals surface area contributed by atoms with Crippen molar-refractivity contribution in [3.8, 4) is 11.5 Å². The number of hydrogen-bond donors (Lipinski definition) is 0. The molecular formula is C19H17FN2O5S2. The molecule has 1 aromatic heterocycles. The van der Waals surface area contributed by atoms with Gasteiger partial charge in [0.2, 0.25) is 12.7 Å². The lowest BCUT2D eigenvalue weighted by Gasteiger charge is -2.03. The molecule has 0 radical (unpaired) electrons. The Morgan fingerprint density at radius 1 is 1.21 bits per heavy atom. The van der Waals surface area contributed by atoms with Crippen LogP contribution in [0, 0.1) is 5.82 Å². The van der Waals surface area contributed by atoms with Gasteiger partial charge < -0.3 is 14.0 Å². The van der Waals surface area contributed by atoms with Crippen molar-refractivity contribution in [1.29, 1.82) is 0 Å². The van der Waals surface area contributed by atoms with Gasteiger partial charge in [-0.2, -0.15) is 4.99 Å². The Kier molecular flexibility index (Phi) is 5.13. The van der Waals surface area contributed by atoms with E-state index in [0.717, 1.165) is 22.3 Å². The van der Waals surface area contributed by atoms with Gasteiger partial charge in [0.15, 0.2) is 26.1 Å². The van der Waals surface area contributed by atoms with E-state index in [-0.39, 0.29) is 30.3 Å². The van der Waals surface area contributed by atoms with Gasteiger partial charge in [0.1, 0.15) is 5.82 Å². The normalized spacial score (nSPS) is 13.9. The van der Waals surface area contributed by atoms with E-state index in [9.17, 15) is 17.6 Å². The van der Waals surface area contributed by atoms with Gasteiger partial charge in [0.25, 0.3) is 0 Å². The topological polar surface area (TPSA) is 87.0 Å². The lowest BCUT2D eigenvalue weighted by atomic mass is 10.3. The first-order valence-electron chi connectivity index (χ1n) is 8.78. The highest BCUT2D eigenvalue weighted by Gasteiger charge is 2.18. The zero-order valence-electron chi connectivity index (χ0n) is 15.4. The number of ether oxygens (including phenoxy) is 2. The van der Waals surface area contributed by atoms with E-state index >= 15 is 0 Å². The molecule has 3 aromatic rings. The van der Waals surface area contributed by atoms with Crippen LogP contribution < -0.4 is 14.3 Å². The van der Waals surface area contributed by atoms with Gasteiger partial charge in [-0.25, -0.2) is 12.8 Å². The number of aromatic nitrogens is 1. The maximum absolute atomic E-state index is 13.0. The Hall–Kier alpha value is -2.72. The Bertz CT molecular complexity index is 1260. The Balaban J connectivity index is 1.46. The van der Waals surface area contributed by atoms with Gasteiger partial charge in [0, 0.05) is 25.6 Å². The number of halogens is 1. The Morgan fingerprint density at radius 2 is 1.90 bits per heavy atom. The van der Waals surface area contributed by atoms with Crippen LogP contribution in [0.4, 0.5) is 4.39 Å². The first kappa shape index (κ1) is 19.6. The summed E-state index contributed by atoms with van der Waals surface area (Å²) >= 11 is 1.34. The van der Waals surface area contributed by atoms with Gasteiger partial charge >= 0.3 is 0 Å². The Morgan fingerprint density at radius 3 is 2.62 bits per heavy atom. The average Bonchev–Trinajstić information content (AvgIpc) is 3.24. The summed E-state index contributed by atoms with van der Waals surface area (Å²) in [6.45, 7) is 0.187. The molecule has 0 atom stereocenters. The summed E-state index contributed by atoms with van der Waals surface area (Å²) < 4.78 is 50.9. The van der Waals surface area contributed by atoms with E-state index in [1.54, 1.807) is 11.6 Å². The third kappa shape index (κ3) is 4.03. The molecule has 2 heterocycles. The third-order valence-corrected chi connectivity index (χ3v) is 7.41. The van der Waals surface area contributed by atoms with Crippen molar-refractivity contribution in [2.45, 2.75) is 17.7 Å². The molecule has 0 N–H and O–H groups in total. The maximum Gasteiger partial charge on any atom is 0.248 e. The monoisotopic (exact) mass is 436 g/mol. The molecule has 2 aromatic carbocycles. The van der Waals surface area contributed by atoms with E-state index < -0.39 is 21.6 Å². The molecule has 1 amide bonds. The maximum atomic E-state index is 13.0. The summed E-state index contributed by atoms with van der Waals surface area (Å²) in [4.78, 5) is 16.9. The molecular weight excluding hydrogens is 419 g/mol. The van der Waals surface area contributed by atoms with Crippen LogP contribution in [0.3, 0.4) is 0 Å². The molecule has 0 bridgehead atoms. The van der Waals surface area contributed by atoms with Crippen molar-refractivity contribution in [2.24, 2.45) is 12.0 Å². The predicted octanol–water partition coefficient (Wildman–Crippen LogP) is 2.79. The fourth-order valence-electron chi connectivity index (χ4n) is 2.96. The van der Waals surface area contributed by atoms with Gasteiger partial charge in [-0.3, -0.25) is 4.79 Å². The zero-order valence-corrected chi connectivity index (χ0v) is 17.1. The molecule has 1 aliphatic rings. The van der Waals surface area contributed by atoms with Gasteiger partial charge in [-0.05, 0) is 30.7 Å². The lowest BCUT2D eigenvalue weighted by molar-refractivity contribution is -0.118. The highest BCUT2D eigenvalue weighted by molar-refractivity contribution is 7.91. The largest absolute Gasteiger partial charge is 0.454 e. The number of carbonyl (C=O) groups excluding carboxylic acids is 1. The zero-order chi connectivity index (χ0) is 20.6. The third-order valence-electron chi connectivity index (χ3n) is 4.50. The van der Waals surface area contributed by atoms with Gasteiger partial charge in [-0.1, -0.05) is 11.3 Å². The first-order valence-corrected chi connectivity index (χ1v) is 11.3. The minimum atomic E-state index is -3.57. The number of aryl methyl sites for hydroxylation is 1. The van der Waals surface area contributed by atoms with Crippen LogP contribution in [-0.2, 0) is 21.7 Å². The van der Waals surface area contributed by atoms with E-state index in [4.69, 9.17) is 9.47 Å². The summed E-state index contributed by atoms with van der Waals surface area (Å²) in [5.41, 5.74) is 0.865. The van der Waals surface area contributed by atoms with Crippen LogP contribution in [0.5, 0.6) is 11.5 Å². The van der Waals surface area contributed by atoms with E-state index in [1.807, 2.05) is 12.1 Å². The Labute approximate surface area is 169 Å².